The number of aliphatic hydroxyl groups is 1. The summed E-state index contributed by atoms with van der Waals surface area (Å²) in [6.07, 6.45) is 0.618. The quantitative estimate of drug-likeness (QED) is 0.884. The summed E-state index contributed by atoms with van der Waals surface area (Å²) < 4.78 is 5.10. The van der Waals surface area contributed by atoms with Gasteiger partial charge in [0.25, 0.3) is 0 Å². The summed E-state index contributed by atoms with van der Waals surface area (Å²) in [5, 5.41) is 11.8. The third kappa shape index (κ3) is 2.40. The summed E-state index contributed by atoms with van der Waals surface area (Å²) in [4.78, 5) is 4.44. The zero-order valence-corrected chi connectivity index (χ0v) is 9.83. The van der Waals surface area contributed by atoms with E-state index in [1.54, 1.807) is 18.4 Å². The Hall–Kier alpha value is -1.39. The minimum atomic E-state index is 0.145. The Kier molecular flexibility index (Phi) is 3.54. The summed E-state index contributed by atoms with van der Waals surface area (Å²) in [5.74, 6) is 0.843. The van der Waals surface area contributed by atoms with Crippen LogP contribution in [0.1, 0.15) is 5.69 Å². The van der Waals surface area contributed by atoms with Crippen LogP contribution in [0.5, 0.6) is 5.75 Å². The number of aliphatic hydroxyl groups excluding tert-OH is 1. The van der Waals surface area contributed by atoms with E-state index in [-0.39, 0.29) is 6.61 Å². The predicted octanol–water partition coefficient (Wildman–Crippen LogP) is 2.35. The molecule has 0 amide bonds. The molecule has 1 aromatic carbocycles. The molecule has 2 aromatic rings. The monoisotopic (exact) mass is 235 g/mol. The lowest BCUT2D eigenvalue weighted by atomic mass is 10.2. The van der Waals surface area contributed by atoms with Crippen LogP contribution in [0.2, 0.25) is 0 Å². The average molecular weight is 235 g/mol. The molecule has 0 radical (unpaired) electrons. The first-order chi connectivity index (χ1) is 7.83. The second kappa shape index (κ2) is 5.09. The van der Waals surface area contributed by atoms with Gasteiger partial charge in [-0.2, -0.15) is 0 Å². The molecule has 84 valence electrons. The lowest BCUT2D eigenvalue weighted by Crippen LogP contribution is -1.90. The normalized spacial score (nSPS) is 10.4. The van der Waals surface area contributed by atoms with Gasteiger partial charge in [0.2, 0.25) is 0 Å². The van der Waals surface area contributed by atoms with Crippen LogP contribution in [0.4, 0.5) is 0 Å². The van der Waals surface area contributed by atoms with E-state index in [4.69, 9.17) is 9.84 Å². The van der Waals surface area contributed by atoms with Crippen LogP contribution in [0.25, 0.3) is 10.6 Å². The van der Waals surface area contributed by atoms with Crippen molar-refractivity contribution in [3.05, 3.63) is 35.3 Å². The number of hydrogen-bond donors (Lipinski definition) is 1. The van der Waals surface area contributed by atoms with Gasteiger partial charge in [-0.05, 0) is 24.3 Å². The standard InChI is InChI=1S/C12H13NO2S/c1-15-11-4-2-9(3-5-11)12-13-10(6-7-14)8-16-12/h2-5,8,14H,6-7H2,1H3. The highest BCUT2D eigenvalue weighted by molar-refractivity contribution is 7.13. The van der Waals surface area contributed by atoms with Gasteiger partial charge in [-0.15, -0.1) is 11.3 Å². The van der Waals surface area contributed by atoms with Gasteiger partial charge in [0, 0.05) is 24.0 Å². The van der Waals surface area contributed by atoms with Crippen LogP contribution in [-0.2, 0) is 6.42 Å². The van der Waals surface area contributed by atoms with E-state index in [1.807, 2.05) is 29.6 Å². The molecule has 0 saturated carbocycles. The molecule has 0 spiro atoms. The zero-order valence-electron chi connectivity index (χ0n) is 9.01. The van der Waals surface area contributed by atoms with Gasteiger partial charge in [-0.25, -0.2) is 4.98 Å². The van der Waals surface area contributed by atoms with Crippen LogP contribution in [0.3, 0.4) is 0 Å². The first-order valence-corrected chi connectivity index (χ1v) is 5.91. The number of rotatable bonds is 4. The number of nitrogens with zero attached hydrogens (tertiary/aromatic N) is 1. The fourth-order valence-corrected chi connectivity index (χ4v) is 2.26. The molecule has 0 atom stereocenters. The molecule has 1 heterocycles. The summed E-state index contributed by atoms with van der Waals surface area (Å²) in [6, 6.07) is 7.81. The molecule has 3 nitrogen and oxygen atoms in total. The number of hydrogen-bond acceptors (Lipinski definition) is 4. The van der Waals surface area contributed by atoms with Gasteiger partial charge in [0.15, 0.2) is 0 Å². The molecule has 0 aliphatic heterocycles. The molecule has 0 fully saturated rings. The number of benzene rings is 1. The molecule has 0 bridgehead atoms. The topological polar surface area (TPSA) is 42.4 Å². The van der Waals surface area contributed by atoms with Crippen molar-refractivity contribution in [2.45, 2.75) is 6.42 Å². The summed E-state index contributed by atoms with van der Waals surface area (Å²) >= 11 is 1.59. The molecule has 0 aliphatic carbocycles. The molecular weight excluding hydrogens is 222 g/mol. The Morgan fingerprint density at radius 3 is 2.69 bits per heavy atom. The Morgan fingerprint density at radius 2 is 2.06 bits per heavy atom. The first-order valence-electron chi connectivity index (χ1n) is 5.03. The van der Waals surface area contributed by atoms with Crippen molar-refractivity contribution >= 4 is 11.3 Å². The van der Waals surface area contributed by atoms with Gasteiger partial charge in [-0.3, -0.25) is 0 Å². The molecule has 2 rings (SSSR count). The second-order valence-corrected chi connectivity index (χ2v) is 4.20. The lowest BCUT2D eigenvalue weighted by molar-refractivity contribution is 0.298. The van der Waals surface area contributed by atoms with E-state index in [0.29, 0.717) is 6.42 Å². The fourth-order valence-electron chi connectivity index (χ4n) is 1.40. The van der Waals surface area contributed by atoms with Crippen molar-refractivity contribution < 1.29 is 9.84 Å². The van der Waals surface area contributed by atoms with E-state index in [9.17, 15) is 0 Å². The molecule has 4 heteroatoms. The van der Waals surface area contributed by atoms with E-state index in [0.717, 1.165) is 22.0 Å². The van der Waals surface area contributed by atoms with Crippen molar-refractivity contribution in [1.29, 1.82) is 0 Å². The maximum Gasteiger partial charge on any atom is 0.123 e. The maximum absolute atomic E-state index is 8.82. The number of methoxy groups -OCH3 is 1. The van der Waals surface area contributed by atoms with Crippen molar-refractivity contribution in [3.8, 4) is 16.3 Å². The van der Waals surface area contributed by atoms with Gasteiger partial charge in [0.1, 0.15) is 10.8 Å². The largest absolute Gasteiger partial charge is 0.497 e. The third-order valence-electron chi connectivity index (χ3n) is 2.26. The molecule has 16 heavy (non-hydrogen) atoms. The smallest absolute Gasteiger partial charge is 0.123 e. The first kappa shape index (κ1) is 11.1. The summed E-state index contributed by atoms with van der Waals surface area (Å²) in [7, 11) is 1.65. The molecule has 0 aliphatic rings. The molecule has 1 N–H and O–H groups in total. The maximum atomic E-state index is 8.82. The van der Waals surface area contributed by atoms with Gasteiger partial charge >= 0.3 is 0 Å². The SMILES string of the molecule is COc1ccc(-c2nc(CCO)cs2)cc1. The van der Waals surface area contributed by atoms with E-state index < -0.39 is 0 Å². The number of thiazole rings is 1. The fraction of sp³-hybridized carbons (Fsp3) is 0.250. The highest BCUT2D eigenvalue weighted by Crippen LogP contribution is 2.25. The zero-order chi connectivity index (χ0) is 11.4. The van der Waals surface area contributed by atoms with Crippen LogP contribution in [-0.4, -0.2) is 23.8 Å². The molecule has 1 aromatic heterocycles. The van der Waals surface area contributed by atoms with Crippen molar-refractivity contribution in [1.82, 2.24) is 4.98 Å². The van der Waals surface area contributed by atoms with Crippen LogP contribution in [0.15, 0.2) is 29.6 Å². The Bertz CT molecular complexity index is 450. The van der Waals surface area contributed by atoms with Crippen molar-refractivity contribution in [2.24, 2.45) is 0 Å². The highest BCUT2D eigenvalue weighted by atomic mass is 32.1. The van der Waals surface area contributed by atoms with Crippen molar-refractivity contribution in [2.75, 3.05) is 13.7 Å². The average Bonchev–Trinajstić information content (AvgIpc) is 2.78. The van der Waals surface area contributed by atoms with Crippen LogP contribution < -0.4 is 4.74 Å². The summed E-state index contributed by atoms with van der Waals surface area (Å²) in [6.45, 7) is 0.145. The lowest BCUT2D eigenvalue weighted by Gasteiger charge is -2.00. The van der Waals surface area contributed by atoms with E-state index >= 15 is 0 Å². The summed E-state index contributed by atoms with van der Waals surface area (Å²) in [5.41, 5.74) is 2.02. The Balaban J connectivity index is 2.21. The van der Waals surface area contributed by atoms with Gasteiger partial charge in [-0.1, -0.05) is 0 Å². The second-order valence-electron chi connectivity index (χ2n) is 3.35. The van der Waals surface area contributed by atoms with Crippen LogP contribution >= 0.6 is 11.3 Å². The number of aromatic nitrogens is 1. The third-order valence-corrected chi connectivity index (χ3v) is 3.20. The highest BCUT2D eigenvalue weighted by Gasteiger charge is 2.04. The van der Waals surface area contributed by atoms with E-state index in [2.05, 4.69) is 4.98 Å². The Labute approximate surface area is 98.4 Å². The molecular formula is C12H13NO2S. The molecule has 0 unspecified atom stereocenters. The van der Waals surface area contributed by atoms with Crippen LogP contribution in [0, 0.1) is 0 Å². The number of ether oxygens (including phenoxy) is 1. The van der Waals surface area contributed by atoms with Gasteiger partial charge < -0.3 is 9.84 Å². The van der Waals surface area contributed by atoms with Gasteiger partial charge in [0.05, 0.1) is 12.8 Å². The predicted molar refractivity (Wildman–Crippen MR) is 64.9 cm³/mol. The van der Waals surface area contributed by atoms with E-state index in [1.165, 1.54) is 0 Å². The molecule has 0 saturated heterocycles. The Morgan fingerprint density at radius 1 is 1.31 bits per heavy atom. The minimum Gasteiger partial charge on any atom is -0.497 e. The minimum absolute atomic E-state index is 0.145. The van der Waals surface area contributed by atoms with Crippen molar-refractivity contribution in [3.63, 3.8) is 0 Å².